The van der Waals surface area contributed by atoms with E-state index in [9.17, 15) is 17.4 Å². The first kappa shape index (κ1) is 24.8. The zero-order valence-corrected chi connectivity index (χ0v) is 20.6. The minimum Gasteiger partial charge on any atom is -0.409 e. The second kappa shape index (κ2) is 10.9. The molecule has 9 nitrogen and oxygen atoms in total. The van der Waals surface area contributed by atoms with E-state index in [1.165, 1.54) is 4.31 Å². The number of carbonyl (C=O) groups is 1. The molecule has 3 rings (SSSR count). The van der Waals surface area contributed by atoms with Gasteiger partial charge in [-0.2, -0.15) is 4.31 Å². The number of nitrogens with zero attached hydrogens (tertiary/aromatic N) is 1. The van der Waals surface area contributed by atoms with E-state index in [1.54, 1.807) is 38.3 Å². The van der Waals surface area contributed by atoms with Crippen LogP contribution in [0, 0.1) is 6.92 Å². The Labute approximate surface area is 194 Å². The van der Waals surface area contributed by atoms with Crippen LogP contribution in [0.25, 0.3) is 0 Å². The molecule has 0 spiro atoms. The van der Waals surface area contributed by atoms with Crippen molar-refractivity contribution >= 4 is 38.4 Å². The molecule has 0 radical (unpaired) electrons. The Morgan fingerprint density at radius 2 is 2.09 bits per heavy atom. The summed E-state index contributed by atoms with van der Waals surface area (Å²) in [6, 6.07) is 8.31. The van der Waals surface area contributed by atoms with Crippen LogP contribution in [0.1, 0.15) is 30.5 Å². The maximum Gasteiger partial charge on any atom is 0.424 e. The summed E-state index contributed by atoms with van der Waals surface area (Å²) in [6.07, 6.45) is -0.309. The Morgan fingerprint density at radius 1 is 1.34 bits per heavy atom. The summed E-state index contributed by atoms with van der Waals surface area (Å²) in [5.41, 5.74) is 1.32. The van der Waals surface area contributed by atoms with E-state index in [-0.39, 0.29) is 21.0 Å². The van der Waals surface area contributed by atoms with E-state index in [0.717, 1.165) is 16.9 Å². The van der Waals surface area contributed by atoms with Crippen LogP contribution in [0.4, 0.5) is 4.79 Å². The zero-order valence-electron chi connectivity index (χ0n) is 18.1. The van der Waals surface area contributed by atoms with Crippen LogP contribution in [0.15, 0.2) is 38.8 Å². The molecular weight excluding hydrogens is 474 g/mol. The van der Waals surface area contributed by atoms with Gasteiger partial charge in [-0.15, -0.1) is 11.3 Å². The number of fused-ring (bicyclic) bond motifs is 1. The highest BCUT2D eigenvalue weighted by molar-refractivity contribution is 7.92. The fourth-order valence-electron chi connectivity index (χ4n) is 3.35. The summed E-state index contributed by atoms with van der Waals surface area (Å²) in [6.45, 7) is 5.43. The number of rotatable bonds is 9. The van der Waals surface area contributed by atoms with Crippen molar-refractivity contribution in [1.29, 1.82) is 0 Å². The predicted octanol–water partition coefficient (Wildman–Crippen LogP) is 2.56. The third-order valence-corrected chi connectivity index (χ3v) is 9.78. The standard InChI is InChI=1S/C20H27N3O6S3/c1-4-21-16-13-23(10-7-11-28-3)32(26,27)19-15(16)12-18(30-19)31(25)22-20(24)29-17-9-6-5-8-14(17)2/h5-6,8-9,12,16,21H,4,7,10-11,13H2,1-3H3,(H,22,24)/t16-,31?/m0/s1. The molecule has 1 unspecified atom stereocenters. The van der Waals surface area contributed by atoms with Crippen molar-refractivity contribution in [3.63, 3.8) is 0 Å². The summed E-state index contributed by atoms with van der Waals surface area (Å²) >= 11 is 0.903. The van der Waals surface area contributed by atoms with Crippen LogP contribution in [0.3, 0.4) is 0 Å². The maximum absolute atomic E-state index is 13.1. The zero-order chi connectivity index (χ0) is 23.3. The van der Waals surface area contributed by atoms with Gasteiger partial charge in [-0.25, -0.2) is 22.1 Å². The van der Waals surface area contributed by atoms with E-state index < -0.39 is 27.1 Å². The Balaban J connectivity index is 1.80. The minimum atomic E-state index is -3.73. The highest BCUT2D eigenvalue weighted by Gasteiger charge is 2.39. The number of nitrogens with one attached hydrogen (secondary N) is 2. The number of sulfonamides is 1. The SMILES string of the molecule is CCN[C@H]1CN(CCCOC)S(=O)(=O)c2sc(S(=O)NC(=O)Oc3ccccc3C)cc21. The monoisotopic (exact) mass is 501 g/mol. The molecule has 2 atom stereocenters. The van der Waals surface area contributed by atoms with Crippen LogP contribution in [0.2, 0.25) is 0 Å². The highest BCUT2D eigenvalue weighted by Crippen LogP contribution is 2.39. The lowest BCUT2D eigenvalue weighted by Crippen LogP contribution is -2.43. The number of hydrogen-bond donors (Lipinski definition) is 2. The van der Waals surface area contributed by atoms with E-state index in [4.69, 9.17) is 9.47 Å². The van der Waals surface area contributed by atoms with Crippen LogP contribution in [0.5, 0.6) is 5.75 Å². The van der Waals surface area contributed by atoms with Gasteiger partial charge in [0.25, 0.3) is 10.0 Å². The predicted molar refractivity (Wildman–Crippen MR) is 123 cm³/mol. The third kappa shape index (κ3) is 5.56. The molecule has 1 amide bonds. The van der Waals surface area contributed by atoms with E-state index in [1.807, 2.05) is 13.0 Å². The molecule has 176 valence electrons. The van der Waals surface area contributed by atoms with E-state index in [2.05, 4.69) is 10.0 Å². The Morgan fingerprint density at radius 3 is 2.78 bits per heavy atom. The Hall–Kier alpha value is -1.83. The van der Waals surface area contributed by atoms with E-state index >= 15 is 0 Å². The molecule has 0 saturated carbocycles. The van der Waals surface area contributed by atoms with Gasteiger partial charge in [-0.1, -0.05) is 25.1 Å². The lowest BCUT2D eigenvalue weighted by molar-refractivity contribution is 0.185. The fraction of sp³-hybridized carbons (Fsp3) is 0.450. The summed E-state index contributed by atoms with van der Waals surface area (Å²) in [5, 5.41) is 3.29. The number of thiophene rings is 1. The van der Waals surface area contributed by atoms with Gasteiger partial charge in [0.1, 0.15) is 14.2 Å². The van der Waals surface area contributed by atoms with Crippen molar-refractivity contribution in [2.75, 3.05) is 33.4 Å². The first-order valence-electron chi connectivity index (χ1n) is 10.1. The van der Waals surface area contributed by atoms with Gasteiger partial charge in [0.2, 0.25) is 0 Å². The molecule has 0 saturated heterocycles. The van der Waals surface area contributed by atoms with Crippen molar-refractivity contribution in [1.82, 2.24) is 14.3 Å². The normalized spacial score (nSPS) is 18.7. The fourth-order valence-corrected chi connectivity index (χ4v) is 7.86. The first-order valence-corrected chi connectivity index (χ1v) is 13.5. The molecule has 2 aromatic rings. The second-order valence-corrected chi connectivity index (χ2v) is 11.8. The molecule has 12 heteroatoms. The van der Waals surface area contributed by atoms with Crippen molar-refractivity contribution in [3.8, 4) is 5.75 Å². The molecule has 32 heavy (non-hydrogen) atoms. The molecule has 0 aliphatic carbocycles. The highest BCUT2D eigenvalue weighted by atomic mass is 32.3. The van der Waals surface area contributed by atoms with Gasteiger partial charge < -0.3 is 14.8 Å². The van der Waals surface area contributed by atoms with E-state index in [0.29, 0.717) is 37.4 Å². The van der Waals surface area contributed by atoms with Crippen LogP contribution < -0.4 is 14.8 Å². The quantitative estimate of drug-likeness (QED) is 0.508. The van der Waals surface area contributed by atoms with Gasteiger partial charge in [0.05, 0.1) is 0 Å². The number of amides is 1. The molecule has 2 heterocycles. The van der Waals surface area contributed by atoms with Crippen LogP contribution >= 0.6 is 11.3 Å². The first-order chi connectivity index (χ1) is 15.3. The molecular formula is C20H27N3O6S3. The maximum atomic E-state index is 13.1. The Bertz CT molecular complexity index is 1090. The molecule has 0 fully saturated rings. The number of benzene rings is 1. The van der Waals surface area contributed by atoms with Gasteiger partial charge in [0.15, 0.2) is 11.0 Å². The number of ether oxygens (including phenoxy) is 2. The van der Waals surface area contributed by atoms with Gasteiger partial charge in [-0.05, 0) is 37.6 Å². The average molecular weight is 502 g/mol. The van der Waals surface area contributed by atoms with Crippen LogP contribution in [-0.4, -0.2) is 56.4 Å². The van der Waals surface area contributed by atoms with Gasteiger partial charge in [-0.3, -0.25) is 0 Å². The topological polar surface area (TPSA) is 114 Å². The third-order valence-electron chi connectivity index (χ3n) is 4.90. The van der Waals surface area contributed by atoms with Crippen molar-refractivity contribution in [2.45, 2.75) is 34.7 Å². The molecule has 1 aliphatic rings. The molecule has 1 aromatic heterocycles. The number of likely N-dealkylation sites (N-methyl/N-ethyl adjacent to an activating group) is 1. The lowest BCUT2D eigenvalue weighted by Gasteiger charge is -2.32. The summed E-state index contributed by atoms with van der Waals surface area (Å²) in [5.74, 6) is 0.356. The Kier molecular flexibility index (Phi) is 8.42. The van der Waals surface area contributed by atoms with Crippen molar-refractivity contribution in [3.05, 3.63) is 41.5 Å². The van der Waals surface area contributed by atoms with Gasteiger partial charge in [0, 0.05) is 38.4 Å². The number of aryl methyl sites for hydroxylation is 1. The van der Waals surface area contributed by atoms with Crippen molar-refractivity contribution in [2.24, 2.45) is 0 Å². The largest absolute Gasteiger partial charge is 0.424 e. The molecule has 0 bridgehead atoms. The number of para-hydroxylation sites is 1. The molecule has 1 aliphatic heterocycles. The number of hydrogen-bond acceptors (Lipinski definition) is 8. The second-order valence-electron chi connectivity index (χ2n) is 7.15. The lowest BCUT2D eigenvalue weighted by atomic mass is 10.1. The van der Waals surface area contributed by atoms with Gasteiger partial charge >= 0.3 is 6.09 Å². The smallest absolute Gasteiger partial charge is 0.409 e. The average Bonchev–Trinajstić information content (AvgIpc) is 3.20. The number of methoxy groups -OCH3 is 1. The number of carbonyl (C=O) groups excluding carboxylic acids is 1. The molecule has 1 aromatic carbocycles. The molecule has 2 N–H and O–H groups in total. The summed E-state index contributed by atoms with van der Waals surface area (Å²) in [7, 11) is -4.13. The summed E-state index contributed by atoms with van der Waals surface area (Å²) in [4.78, 5) is 12.2. The van der Waals surface area contributed by atoms with Crippen LogP contribution in [-0.2, 0) is 25.7 Å². The van der Waals surface area contributed by atoms with Crippen molar-refractivity contribution < 1.29 is 26.9 Å². The minimum absolute atomic E-state index is 0.143. The summed E-state index contributed by atoms with van der Waals surface area (Å²) < 4.78 is 53.4.